The van der Waals surface area contributed by atoms with Gasteiger partial charge in [-0.1, -0.05) is 19.0 Å². The Morgan fingerprint density at radius 1 is 1.43 bits per heavy atom. The van der Waals surface area contributed by atoms with Crippen molar-refractivity contribution in [1.29, 1.82) is 0 Å². The van der Waals surface area contributed by atoms with E-state index < -0.39 is 0 Å². The first-order valence-corrected chi connectivity index (χ1v) is 7.81. The molecule has 1 saturated heterocycles. The average Bonchev–Trinajstić information content (AvgIpc) is 2.78. The van der Waals surface area contributed by atoms with Gasteiger partial charge in [-0.05, 0) is 39.0 Å². The first-order valence-electron chi connectivity index (χ1n) is 7.81. The van der Waals surface area contributed by atoms with Gasteiger partial charge in [0.1, 0.15) is 5.76 Å². The SMILES string of the molecule is Cc1noc(C)c1CCNC(=O)[C@H]1CCCO[C@@H]1C(C)C. The first-order chi connectivity index (χ1) is 10.0. The Morgan fingerprint density at radius 2 is 2.19 bits per heavy atom. The minimum atomic E-state index is -0.0246. The number of aromatic nitrogens is 1. The van der Waals surface area contributed by atoms with E-state index >= 15 is 0 Å². The molecule has 5 nitrogen and oxygen atoms in total. The van der Waals surface area contributed by atoms with Crippen LogP contribution in [0.3, 0.4) is 0 Å². The van der Waals surface area contributed by atoms with E-state index in [1.54, 1.807) is 0 Å². The maximum Gasteiger partial charge on any atom is 0.225 e. The van der Waals surface area contributed by atoms with Crippen LogP contribution in [0, 0.1) is 25.7 Å². The molecule has 1 aliphatic heterocycles. The molecule has 2 rings (SSSR count). The Labute approximate surface area is 126 Å². The zero-order valence-corrected chi connectivity index (χ0v) is 13.4. The molecule has 118 valence electrons. The maximum absolute atomic E-state index is 12.4. The van der Waals surface area contributed by atoms with Gasteiger partial charge in [-0.25, -0.2) is 0 Å². The molecule has 1 N–H and O–H groups in total. The van der Waals surface area contributed by atoms with Gasteiger partial charge in [0.25, 0.3) is 0 Å². The molecule has 0 aromatic carbocycles. The molecule has 1 fully saturated rings. The third kappa shape index (κ3) is 3.84. The molecule has 1 aromatic rings. The molecular weight excluding hydrogens is 268 g/mol. The summed E-state index contributed by atoms with van der Waals surface area (Å²) >= 11 is 0. The van der Waals surface area contributed by atoms with Crippen LogP contribution in [0.4, 0.5) is 0 Å². The van der Waals surface area contributed by atoms with Crippen LogP contribution < -0.4 is 5.32 Å². The number of ether oxygens (including phenoxy) is 1. The Morgan fingerprint density at radius 3 is 2.81 bits per heavy atom. The number of nitrogens with one attached hydrogen (secondary N) is 1. The van der Waals surface area contributed by atoms with Gasteiger partial charge in [-0.3, -0.25) is 4.79 Å². The third-order valence-electron chi connectivity index (χ3n) is 4.22. The number of aryl methyl sites for hydroxylation is 2. The molecule has 1 aliphatic rings. The topological polar surface area (TPSA) is 64.4 Å². The molecule has 0 aliphatic carbocycles. The summed E-state index contributed by atoms with van der Waals surface area (Å²) in [5.41, 5.74) is 2.00. The molecule has 0 radical (unpaired) electrons. The Bertz CT molecular complexity index is 462. The number of carbonyl (C=O) groups is 1. The Hall–Kier alpha value is -1.36. The van der Waals surface area contributed by atoms with E-state index in [1.807, 2.05) is 13.8 Å². The van der Waals surface area contributed by atoms with Crippen molar-refractivity contribution in [2.75, 3.05) is 13.2 Å². The lowest BCUT2D eigenvalue weighted by molar-refractivity contribution is -0.137. The van der Waals surface area contributed by atoms with Crippen molar-refractivity contribution in [2.45, 2.75) is 53.1 Å². The molecule has 0 saturated carbocycles. The fourth-order valence-electron chi connectivity index (χ4n) is 3.04. The van der Waals surface area contributed by atoms with Crippen LogP contribution in [0.25, 0.3) is 0 Å². The maximum atomic E-state index is 12.4. The molecule has 1 aromatic heterocycles. The van der Waals surface area contributed by atoms with Crippen molar-refractivity contribution in [1.82, 2.24) is 10.5 Å². The molecule has 2 heterocycles. The summed E-state index contributed by atoms with van der Waals surface area (Å²) in [6.07, 6.45) is 2.68. The molecule has 0 bridgehead atoms. The van der Waals surface area contributed by atoms with Crippen molar-refractivity contribution in [3.05, 3.63) is 17.0 Å². The zero-order chi connectivity index (χ0) is 15.4. The van der Waals surface area contributed by atoms with Gasteiger partial charge in [0, 0.05) is 18.7 Å². The summed E-state index contributed by atoms with van der Waals surface area (Å²) < 4.78 is 10.9. The summed E-state index contributed by atoms with van der Waals surface area (Å²) in [4.78, 5) is 12.4. The number of carbonyl (C=O) groups excluding carboxylic acids is 1. The van der Waals surface area contributed by atoms with E-state index in [1.165, 1.54) is 0 Å². The molecule has 2 atom stereocenters. The highest BCUT2D eigenvalue weighted by atomic mass is 16.5. The fourth-order valence-corrected chi connectivity index (χ4v) is 3.04. The van der Waals surface area contributed by atoms with E-state index in [0.717, 1.165) is 42.9 Å². The second-order valence-corrected chi connectivity index (χ2v) is 6.17. The molecule has 21 heavy (non-hydrogen) atoms. The standard InChI is InChI=1S/C16H26N2O3/c1-10(2)15-14(6-5-9-20-15)16(19)17-8-7-13-11(3)18-21-12(13)4/h10,14-15H,5-9H2,1-4H3,(H,17,19)/t14-,15+/m0/s1. The van der Waals surface area contributed by atoms with E-state index in [0.29, 0.717) is 12.5 Å². The normalized spacial score (nSPS) is 22.5. The van der Waals surface area contributed by atoms with Gasteiger partial charge in [0.2, 0.25) is 5.91 Å². The van der Waals surface area contributed by atoms with Crippen molar-refractivity contribution >= 4 is 5.91 Å². The Balaban J connectivity index is 1.86. The lowest BCUT2D eigenvalue weighted by Crippen LogP contribution is -2.44. The minimum Gasteiger partial charge on any atom is -0.377 e. The van der Waals surface area contributed by atoms with E-state index in [2.05, 4.69) is 24.3 Å². The number of hydrogen-bond acceptors (Lipinski definition) is 4. The molecule has 1 amide bonds. The predicted octanol–water partition coefficient (Wildman–Crippen LogP) is 2.40. The van der Waals surface area contributed by atoms with Crippen LogP contribution in [0.15, 0.2) is 4.52 Å². The molecule has 0 spiro atoms. The van der Waals surface area contributed by atoms with Crippen molar-refractivity contribution < 1.29 is 14.1 Å². The van der Waals surface area contributed by atoms with Crippen molar-refractivity contribution in [3.8, 4) is 0 Å². The molecule has 0 unspecified atom stereocenters. The van der Waals surface area contributed by atoms with Gasteiger partial charge >= 0.3 is 0 Å². The van der Waals surface area contributed by atoms with Gasteiger partial charge in [-0.15, -0.1) is 0 Å². The van der Waals surface area contributed by atoms with Crippen LogP contribution in [0.5, 0.6) is 0 Å². The fraction of sp³-hybridized carbons (Fsp3) is 0.750. The molecular formula is C16H26N2O3. The van der Waals surface area contributed by atoms with Crippen LogP contribution in [0.2, 0.25) is 0 Å². The molecule has 5 heteroatoms. The average molecular weight is 294 g/mol. The minimum absolute atomic E-state index is 0.0246. The quantitative estimate of drug-likeness (QED) is 0.905. The van der Waals surface area contributed by atoms with Gasteiger partial charge in [-0.2, -0.15) is 0 Å². The van der Waals surface area contributed by atoms with E-state index in [-0.39, 0.29) is 17.9 Å². The monoisotopic (exact) mass is 294 g/mol. The summed E-state index contributed by atoms with van der Waals surface area (Å²) in [6.45, 7) is 9.44. The lowest BCUT2D eigenvalue weighted by atomic mass is 9.87. The van der Waals surface area contributed by atoms with E-state index in [4.69, 9.17) is 9.26 Å². The lowest BCUT2D eigenvalue weighted by Gasteiger charge is -2.33. The smallest absolute Gasteiger partial charge is 0.225 e. The third-order valence-corrected chi connectivity index (χ3v) is 4.22. The Kier molecular flexibility index (Phi) is 5.39. The highest BCUT2D eigenvalue weighted by Crippen LogP contribution is 2.26. The van der Waals surface area contributed by atoms with Crippen molar-refractivity contribution in [3.63, 3.8) is 0 Å². The highest BCUT2D eigenvalue weighted by Gasteiger charge is 2.33. The van der Waals surface area contributed by atoms with E-state index in [9.17, 15) is 4.79 Å². The number of nitrogens with zero attached hydrogens (tertiary/aromatic N) is 1. The van der Waals surface area contributed by atoms with Gasteiger partial charge in [0.15, 0.2) is 0 Å². The van der Waals surface area contributed by atoms with Crippen LogP contribution in [0.1, 0.15) is 43.7 Å². The predicted molar refractivity (Wildman–Crippen MR) is 80.0 cm³/mol. The number of hydrogen-bond donors (Lipinski definition) is 1. The number of rotatable bonds is 5. The number of amides is 1. The van der Waals surface area contributed by atoms with Crippen LogP contribution in [-0.4, -0.2) is 30.3 Å². The van der Waals surface area contributed by atoms with Crippen LogP contribution >= 0.6 is 0 Å². The van der Waals surface area contributed by atoms with Crippen molar-refractivity contribution in [2.24, 2.45) is 11.8 Å². The summed E-state index contributed by atoms with van der Waals surface area (Å²) in [7, 11) is 0. The van der Waals surface area contributed by atoms with Crippen LogP contribution in [-0.2, 0) is 16.0 Å². The highest BCUT2D eigenvalue weighted by molar-refractivity contribution is 5.79. The van der Waals surface area contributed by atoms with Gasteiger partial charge < -0.3 is 14.6 Å². The zero-order valence-electron chi connectivity index (χ0n) is 13.4. The second kappa shape index (κ2) is 7.07. The summed E-state index contributed by atoms with van der Waals surface area (Å²) in [5.74, 6) is 1.29. The first kappa shape index (κ1) is 16.0. The summed E-state index contributed by atoms with van der Waals surface area (Å²) in [6, 6.07) is 0. The van der Waals surface area contributed by atoms with Gasteiger partial charge in [0.05, 0.1) is 17.7 Å². The largest absolute Gasteiger partial charge is 0.377 e. The summed E-state index contributed by atoms with van der Waals surface area (Å²) in [5, 5.41) is 6.97. The second-order valence-electron chi connectivity index (χ2n) is 6.17.